The zero-order chi connectivity index (χ0) is 16.1. The van der Waals surface area contributed by atoms with Crippen LogP contribution in [0.1, 0.15) is 23.4 Å². The summed E-state index contributed by atoms with van der Waals surface area (Å²) in [5.74, 6) is 0.854. The normalized spacial score (nSPS) is 14.5. The highest BCUT2D eigenvalue weighted by molar-refractivity contribution is 14.0. The highest BCUT2D eigenvalue weighted by Gasteiger charge is 2.13. The van der Waals surface area contributed by atoms with E-state index in [0.29, 0.717) is 6.04 Å². The highest BCUT2D eigenvalue weighted by Crippen LogP contribution is 2.27. The number of aromatic nitrogens is 1. The SMILES string of the molecule is CN=C(NCc1sc(-c2ccccc2)nc1C)NC1CC=CC1.I. The van der Waals surface area contributed by atoms with Gasteiger partial charge in [-0.25, -0.2) is 4.98 Å². The van der Waals surface area contributed by atoms with Crippen molar-refractivity contribution in [2.75, 3.05) is 7.05 Å². The molecule has 6 heteroatoms. The quantitative estimate of drug-likeness (QED) is 0.316. The molecule has 0 saturated heterocycles. The summed E-state index contributed by atoms with van der Waals surface area (Å²) in [4.78, 5) is 10.3. The number of halogens is 1. The van der Waals surface area contributed by atoms with Gasteiger partial charge in [0.1, 0.15) is 5.01 Å². The Bertz CT molecular complexity index is 701. The van der Waals surface area contributed by atoms with E-state index in [1.54, 1.807) is 11.3 Å². The number of nitrogens with one attached hydrogen (secondary N) is 2. The Kier molecular flexibility index (Phi) is 7.23. The number of aryl methyl sites for hydroxylation is 1. The maximum Gasteiger partial charge on any atom is 0.191 e. The third-order valence-electron chi connectivity index (χ3n) is 3.90. The molecule has 1 heterocycles. The minimum Gasteiger partial charge on any atom is -0.353 e. The van der Waals surface area contributed by atoms with E-state index >= 15 is 0 Å². The molecular weight excluding hydrogens is 431 g/mol. The van der Waals surface area contributed by atoms with Crippen molar-refractivity contribution in [2.24, 2.45) is 4.99 Å². The first-order valence-corrected chi connectivity index (χ1v) is 8.72. The molecule has 1 aromatic carbocycles. The second-order valence-corrected chi connectivity index (χ2v) is 6.69. The lowest BCUT2D eigenvalue weighted by Gasteiger charge is -2.16. The Hall–Kier alpha value is -1.41. The van der Waals surface area contributed by atoms with E-state index in [4.69, 9.17) is 4.98 Å². The number of aliphatic imine (C=N–C) groups is 1. The number of thiazole rings is 1. The van der Waals surface area contributed by atoms with Gasteiger partial charge in [0.15, 0.2) is 5.96 Å². The second kappa shape index (κ2) is 9.17. The van der Waals surface area contributed by atoms with Gasteiger partial charge in [-0.2, -0.15) is 0 Å². The molecule has 0 atom stereocenters. The molecule has 0 aliphatic heterocycles. The molecule has 0 amide bonds. The Morgan fingerprint density at radius 1 is 1.25 bits per heavy atom. The fourth-order valence-corrected chi connectivity index (χ4v) is 3.59. The standard InChI is InChI=1S/C18H22N4S.HI/c1-13-16(23-17(21-13)14-8-4-3-5-9-14)12-20-18(19-2)22-15-10-6-7-11-15;/h3-9,15H,10-12H2,1-2H3,(H2,19,20,22);1H. The van der Waals surface area contributed by atoms with Crippen molar-refractivity contribution in [3.63, 3.8) is 0 Å². The maximum atomic E-state index is 4.70. The van der Waals surface area contributed by atoms with Gasteiger partial charge in [-0.1, -0.05) is 42.5 Å². The fourth-order valence-electron chi connectivity index (χ4n) is 2.58. The summed E-state index contributed by atoms with van der Waals surface area (Å²) in [6.07, 6.45) is 6.56. The van der Waals surface area contributed by atoms with Crippen molar-refractivity contribution in [3.8, 4) is 10.6 Å². The van der Waals surface area contributed by atoms with Crippen molar-refractivity contribution < 1.29 is 0 Å². The van der Waals surface area contributed by atoms with Crippen LogP contribution in [0.25, 0.3) is 10.6 Å². The van der Waals surface area contributed by atoms with Crippen LogP contribution < -0.4 is 10.6 Å². The molecule has 24 heavy (non-hydrogen) atoms. The van der Waals surface area contributed by atoms with Crippen LogP contribution in [0.5, 0.6) is 0 Å². The minimum absolute atomic E-state index is 0. The molecule has 0 radical (unpaired) electrons. The molecule has 0 fully saturated rings. The van der Waals surface area contributed by atoms with Crippen molar-refractivity contribution >= 4 is 41.3 Å². The smallest absolute Gasteiger partial charge is 0.191 e. The molecule has 128 valence electrons. The van der Waals surface area contributed by atoms with Crippen LogP contribution in [-0.4, -0.2) is 24.0 Å². The summed E-state index contributed by atoms with van der Waals surface area (Å²) in [5.41, 5.74) is 2.26. The van der Waals surface area contributed by atoms with Crippen LogP contribution in [0.2, 0.25) is 0 Å². The zero-order valence-corrected chi connectivity index (χ0v) is 17.1. The molecule has 0 saturated carbocycles. The summed E-state index contributed by atoms with van der Waals surface area (Å²) >= 11 is 1.74. The molecular formula is C18H23IN4S. The number of benzene rings is 1. The van der Waals surface area contributed by atoms with E-state index in [9.17, 15) is 0 Å². The first kappa shape index (κ1) is 18.9. The van der Waals surface area contributed by atoms with Gasteiger partial charge in [-0.3, -0.25) is 4.99 Å². The van der Waals surface area contributed by atoms with Crippen molar-refractivity contribution in [3.05, 3.63) is 53.1 Å². The molecule has 0 unspecified atom stereocenters. The zero-order valence-electron chi connectivity index (χ0n) is 14.0. The van der Waals surface area contributed by atoms with E-state index in [2.05, 4.69) is 46.8 Å². The molecule has 3 rings (SSSR count). The van der Waals surface area contributed by atoms with E-state index in [1.165, 1.54) is 10.4 Å². The molecule has 2 aromatic rings. The van der Waals surface area contributed by atoms with Crippen LogP contribution >= 0.6 is 35.3 Å². The lowest BCUT2D eigenvalue weighted by Crippen LogP contribution is -2.42. The van der Waals surface area contributed by atoms with Crippen molar-refractivity contribution in [1.29, 1.82) is 0 Å². The van der Waals surface area contributed by atoms with Crippen LogP contribution in [-0.2, 0) is 6.54 Å². The topological polar surface area (TPSA) is 49.3 Å². The maximum absolute atomic E-state index is 4.70. The van der Waals surface area contributed by atoms with Crippen LogP contribution in [0.4, 0.5) is 0 Å². The Balaban J connectivity index is 0.00000208. The predicted molar refractivity (Wildman–Crippen MR) is 113 cm³/mol. The molecule has 0 bridgehead atoms. The van der Waals surface area contributed by atoms with Gasteiger partial charge in [0, 0.05) is 23.5 Å². The Morgan fingerprint density at radius 3 is 2.62 bits per heavy atom. The molecule has 1 aliphatic carbocycles. The van der Waals surface area contributed by atoms with Crippen molar-refractivity contribution in [1.82, 2.24) is 15.6 Å². The molecule has 4 nitrogen and oxygen atoms in total. The van der Waals surface area contributed by atoms with E-state index in [-0.39, 0.29) is 24.0 Å². The number of nitrogens with zero attached hydrogens (tertiary/aromatic N) is 2. The summed E-state index contributed by atoms with van der Waals surface area (Å²) in [6, 6.07) is 10.8. The van der Waals surface area contributed by atoms with Crippen molar-refractivity contribution in [2.45, 2.75) is 32.4 Å². The lowest BCUT2D eigenvalue weighted by molar-refractivity contribution is 0.633. The van der Waals surface area contributed by atoms with Crippen LogP contribution in [0.3, 0.4) is 0 Å². The van der Waals surface area contributed by atoms with Crippen LogP contribution in [0, 0.1) is 6.92 Å². The molecule has 1 aliphatic rings. The first-order valence-electron chi connectivity index (χ1n) is 7.90. The Morgan fingerprint density at radius 2 is 1.96 bits per heavy atom. The summed E-state index contributed by atoms with van der Waals surface area (Å²) < 4.78 is 0. The van der Waals surface area contributed by atoms with Gasteiger partial charge in [-0.05, 0) is 19.8 Å². The molecule has 2 N–H and O–H groups in total. The third-order valence-corrected chi connectivity index (χ3v) is 5.11. The molecule has 0 spiro atoms. The minimum atomic E-state index is 0. The lowest BCUT2D eigenvalue weighted by atomic mass is 10.2. The van der Waals surface area contributed by atoms with Gasteiger partial charge >= 0.3 is 0 Å². The van der Waals surface area contributed by atoms with Gasteiger partial charge in [0.05, 0.1) is 12.2 Å². The number of hydrogen-bond donors (Lipinski definition) is 2. The van der Waals surface area contributed by atoms with E-state index in [0.717, 1.165) is 36.0 Å². The third kappa shape index (κ3) is 4.80. The summed E-state index contributed by atoms with van der Waals surface area (Å²) in [5, 5.41) is 7.93. The summed E-state index contributed by atoms with van der Waals surface area (Å²) in [6.45, 7) is 2.81. The number of guanidine groups is 1. The van der Waals surface area contributed by atoms with Gasteiger partial charge < -0.3 is 10.6 Å². The average molecular weight is 454 g/mol. The second-order valence-electron chi connectivity index (χ2n) is 5.60. The average Bonchev–Trinajstić information content (AvgIpc) is 3.22. The van der Waals surface area contributed by atoms with E-state index < -0.39 is 0 Å². The van der Waals surface area contributed by atoms with Gasteiger partial charge in [0.2, 0.25) is 0 Å². The van der Waals surface area contributed by atoms with Crippen LogP contribution in [0.15, 0.2) is 47.5 Å². The van der Waals surface area contributed by atoms with Gasteiger partial charge in [-0.15, -0.1) is 35.3 Å². The monoisotopic (exact) mass is 454 g/mol. The Labute approximate surface area is 164 Å². The fraction of sp³-hybridized carbons (Fsp3) is 0.333. The molecule has 1 aromatic heterocycles. The first-order chi connectivity index (χ1) is 11.3. The largest absolute Gasteiger partial charge is 0.353 e. The number of rotatable bonds is 4. The number of hydrogen-bond acceptors (Lipinski definition) is 3. The summed E-state index contributed by atoms with van der Waals surface area (Å²) in [7, 11) is 1.81. The highest BCUT2D eigenvalue weighted by atomic mass is 127. The predicted octanol–water partition coefficient (Wildman–Crippen LogP) is 4.12. The van der Waals surface area contributed by atoms with E-state index in [1.807, 2.05) is 25.2 Å². The van der Waals surface area contributed by atoms with Gasteiger partial charge in [0.25, 0.3) is 0 Å².